The zero-order valence-corrected chi connectivity index (χ0v) is 13.5. The summed E-state index contributed by atoms with van der Waals surface area (Å²) in [5.41, 5.74) is 5.82. The number of carbonyl (C=O) groups is 2. The van der Waals surface area contributed by atoms with Crippen LogP contribution in [0, 0.1) is 13.8 Å². The number of hydrogen-bond donors (Lipinski definition) is 2. The van der Waals surface area contributed by atoms with Crippen LogP contribution in [0.4, 0.5) is 0 Å². The molecule has 0 aliphatic carbocycles. The molecular weight excluding hydrogens is 316 g/mol. The highest BCUT2D eigenvalue weighted by atomic mass is 32.1. The first kappa shape index (κ1) is 15.4. The smallest absolute Gasteiger partial charge is 0.283 e. The van der Waals surface area contributed by atoms with E-state index in [4.69, 9.17) is 9.47 Å². The van der Waals surface area contributed by atoms with Crippen LogP contribution in [0.3, 0.4) is 0 Å². The molecule has 0 saturated heterocycles. The van der Waals surface area contributed by atoms with Crippen LogP contribution < -0.4 is 20.3 Å². The van der Waals surface area contributed by atoms with E-state index in [-0.39, 0.29) is 12.5 Å². The van der Waals surface area contributed by atoms with E-state index in [1.165, 1.54) is 11.3 Å². The van der Waals surface area contributed by atoms with Crippen molar-refractivity contribution in [1.29, 1.82) is 0 Å². The van der Waals surface area contributed by atoms with Crippen LogP contribution in [0.1, 0.15) is 20.1 Å². The average Bonchev–Trinajstić information content (AvgIpc) is 2.91. The average molecular weight is 332 g/mol. The Labute approximate surface area is 137 Å². The number of thiophene rings is 1. The van der Waals surface area contributed by atoms with Crippen molar-refractivity contribution in [2.24, 2.45) is 0 Å². The Morgan fingerprint density at radius 2 is 1.91 bits per heavy atom. The van der Waals surface area contributed by atoms with Gasteiger partial charge in [-0.1, -0.05) is 12.1 Å². The van der Waals surface area contributed by atoms with Crippen LogP contribution in [0.5, 0.6) is 11.5 Å². The van der Waals surface area contributed by atoms with Gasteiger partial charge in [0.05, 0.1) is 4.88 Å². The van der Waals surface area contributed by atoms with Gasteiger partial charge < -0.3 is 9.47 Å². The van der Waals surface area contributed by atoms with Gasteiger partial charge in [-0.3, -0.25) is 20.4 Å². The van der Waals surface area contributed by atoms with E-state index in [0.29, 0.717) is 16.4 Å². The summed E-state index contributed by atoms with van der Waals surface area (Å²) < 4.78 is 11.0. The van der Waals surface area contributed by atoms with Crippen molar-refractivity contribution in [2.45, 2.75) is 20.0 Å². The van der Waals surface area contributed by atoms with E-state index >= 15 is 0 Å². The number of fused-ring (bicyclic) bond motifs is 1. The fourth-order valence-corrected chi connectivity index (χ4v) is 3.02. The highest BCUT2D eigenvalue weighted by Gasteiger charge is 2.27. The molecule has 0 bridgehead atoms. The molecule has 2 heterocycles. The molecule has 0 spiro atoms. The predicted octanol–water partition coefficient (Wildman–Crippen LogP) is 1.97. The summed E-state index contributed by atoms with van der Waals surface area (Å²) in [6.45, 7) is 3.97. The van der Waals surface area contributed by atoms with Crippen molar-refractivity contribution in [3.8, 4) is 11.5 Å². The molecule has 1 aliphatic rings. The van der Waals surface area contributed by atoms with Gasteiger partial charge in [0, 0.05) is 4.88 Å². The Balaban J connectivity index is 1.57. The van der Waals surface area contributed by atoms with Gasteiger partial charge in [-0.2, -0.15) is 0 Å². The Bertz CT molecular complexity index is 737. The number of rotatable bonds is 2. The highest BCUT2D eigenvalue weighted by Crippen LogP contribution is 2.30. The van der Waals surface area contributed by atoms with Crippen molar-refractivity contribution < 1.29 is 19.1 Å². The van der Waals surface area contributed by atoms with Gasteiger partial charge >= 0.3 is 0 Å². The van der Waals surface area contributed by atoms with E-state index < -0.39 is 12.0 Å². The first-order chi connectivity index (χ1) is 11.0. The summed E-state index contributed by atoms with van der Waals surface area (Å²) in [6, 6.07) is 8.91. The lowest BCUT2D eigenvalue weighted by atomic mass is 10.2. The van der Waals surface area contributed by atoms with Crippen molar-refractivity contribution >= 4 is 23.2 Å². The van der Waals surface area contributed by atoms with E-state index in [0.717, 1.165) is 10.4 Å². The quantitative estimate of drug-likeness (QED) is 0.824. The Morgan fingerprint density at radius 1 is 1.17 bits per heavy atom. The third-order valence-electron chi connectivity index (χ3n) is 3.49. The standard InChI is InChI=1S/C16H16N2O4S/c1-9-7-14(23-10(9)2)16(20)18-17-15(19)13-8-21-11-5-3-4-6-12(11)22-13/h3-7,13H,8H2,1-2H3,(H,17,19)(H,18,20). The van der Waals surface area contributed by atoms with Gasteiger partial charge in [-0.25, -0.2) is 0 Å². The molecule has 2 aromatic rings. The summed E-state index contributed by atoms with van der Waals surface area (Å²) >= 11 is 1.38. The molecule has 120 valence electrons. The molecule has 3 rings (SSSR count). The Hall–Kier alpha value is -2.54. The lowest BCUT2D eigenvalue weighted by molar-refractivity contribution is -0.131. The molecule has 2 N–H and O–H groups in total. The van der Waals surface area contributed by atoms with Gasteiger partial charge in [0.2, 0.25) is 6.10 Å². The van der Waals surface area contributed by atoms with E-state index in [2.05, 4.69) is 10.9 Å². The summed E-state index contributed by atoms with van der Waals surface area (Å²) in [5, 5.41) is 0. The molecule has 1 aromatic heterocycles. The first-order valence-corrected chi connectivity index (χ1v) is 7.92. The monoisotopic (exact) mass is 332 g/mol. The fraction of sp³-hybridized carbons (Fsp3) is 0.250. The van der Waals surface area contributed by atoms with E-state index in [1.807, 2.05) is 19.9 Å². The van der Waals surface area contributed by atoms with E-state index in [9.17, 15) is 9.59 Å². The molecule has 1 unspecified atom stereocenters. The molecular formula is C16H16N2O4S. The summed E-state index contributed by atoms with van der Waals surface area (Å²) in [7, 11) is 0. The van der Waals surface area contributed by atoms with Crippen molar-refractivity contribution in [2.75, 3.05) is 6.61 Å². The summed E-state index contributed by atoms with van der Waals surface area (Å²) in [5.74, 6) is 0.300. The SMILES string of the molecule is Cc1cc(C(=O)NNC(=O)C2COc3ccccc3O2)sc1C. The minimum absolute atomic E-state index is 0.0932. The molecule has 2 amide bonds. The lowest BCUT2D eigenvalue weighted by Crippen LogP contribution is -2.50. The van der Waals surface area contributed by atoms with Crippen molar-refractivity contribution in [3.63, 3.8) is 0 Å². The maximum absolute atomic E-state index is 12.1. The van der Waals surface area contributed by atoms with Crippen molar-refractivity contribution in [3.05, 3.63) is 45.6 Å². The minimum atomic E-state index is -0.808. The number of hydrazine groups is 1. The van der Waals surface area contributed by atoms with Gasteiger partial charge in [0.15, 0.2) is 11.5 Å². The zero-order valence-electron chi connectivity index (χ0n) is 12.7. The van der Waals surface area contributed by atoms with Gasteiger partial charge in [0.1, 0.15) is 6.61 Å². The van der Waals surface area contributed by atoms with Crippen LogP contribution in [-0.4, -0.2) is 24.5 Å². The number of nitrogens with one attached hydrogen (secondary N) is 2. The van der Waals surface area contributed by atoms with Gasteiger partial charge in [-0.05, 0) is 37.6 Å². The van der Waals surface area contributed by atoms with E-state index in [1.54, 1.807) is 24.3 Å². The second kappa shape index (κ2) is 6.29. The first-order valence-electron chi connectivity index (χ1n) is 7.10. The maximum atomic E-state index is 12.1. The van der Waals surface area contributed by atoms with Crippen LogP contribution in [0.25, 0.3) is 0 Å². The third kappa shape index (κ3) is 3.29. The Morgan fingerprint density at radius 3 is 2.61 bits per heavy atom. The van der Waals surface area contributed by atoms with Crippen molar-refractivity contribution in [1.82, 2.24) is 10.9 Å². The lowest BCUT2D eigenvalue weighted by Gasteiger charge is -2.25. The number of para-hydroxylation sites is 2. The number of ether oxygens (including phenoxy) is 2. The zero-order chi connectivity index (χ0) is 16.4. The number of carbonyl (C=O) groups excluding carboxylic acids is 2. The second-order valence-corrected chi connectivity index (χ2v) is 6.41. The highest BCUT2D eigenvalue weighted by molar-refractivity contribution is 7.14. The Kier molecular flexibility index (Phi) is 4.20. The number of hydrogen-bond acceptors (Lipinski definition) is 5. The number of aryl methyl sites for hydroxylation is 2. The largest absolute Gasteiger partial charge is 0.485 e. The molecule has 7 heteroatoms. The molecule has 0 fully saturated rings. The van der Waals surface area contributed by atoms with Crippen LogP contribution in [-0.2, 0) is 4.79 Å². The molecule has 1 aliphatic heterocycles. The minimum Gasteiger partial charge on any atom is -0.485 e. The van der Waals surface area contributed by atoms with Crippen LogP contribution >= 0.6 is 11.3 Å². The van der Waals surface area contributed by atoms with Crippen LogP contribution in [0.15, 0.2) is 30.3 Å². The molecule has 0 radical (unpaired) electrons. The molecule has 1 aromatic carbocycles. The molecule has 0 saturated carbocycles. The molecule has 1 atom stereocenters. The van der Waals surface area contributed by atoms with Gasteiger partial charge in [-0.15, -0.1) is 11.3 Å². The normalized spacial score (nSPS) is 15.8. The number of benzene rings is 1. The van der Waals surface area contributed by atoms with Gasteiger partial charge in [0.25, 0.3) is 11.8 Å². The fourth-order valence-electron chi connectivity index (χ4n) is 2.09. The summed E-state index contributed by atoms with van der Waals surface area (Å²) in [6.07, 6.45) is -0.808. The molecule has 23 heavy (non-hydrogen) atoms. The predicted molar refractivity (Wildman–Crippen MR) is 85.8 cm³/mol. The number of amides is 2. The topological polar surface area (TPSA) is 76.7 Å². The summed E-state index contributed by atoms with van der Waals surface area (Å²) in [4.78, 5) is 25.7. The third-order valence-corrected chi connectivity index (χ3v) is 4.64. The maximum Gasteiger partial charge on any atom is 0.283 e. The van der Waals surface area contributed by atoms with Crippen LogP contribution in [0.2, 0.25) is 0 Å². The molecule has 6 nitrogen and oxygen atoms in total. The second-order valence-electron chi connectivity index (χ2n) is 5.16.